The Morgan fingerprint density at radius 1 is 1.35 bits per heavy atom. The van der Waals surface area contributed by atoms with E-state index in [9.17, 15) is 10.1 Å². The second-order valence-electron chi connectivity index (χ2n) is 4.38. The molecule has 1 heterocycles. The molecule has 0 radical (unpaired) electrons. The van der Waals surface area contributed by atoms with Gasteiger partial charge in [-0.2, -0.15) is 0 Å². The van der Waals surface area contributed by atoms with Crippen molar-refractivity contribution in [2.45, 2.75) is 19.8 Å². The third kappa shape index (κ3) is 2.84. The molecule has 2 rings (SSSR count). The summed E-state index contributed by atoms with van der Waals surface area (Å²) < 4.78 is 0. The molecule has 1 aliphatic rings. The number of nitrogens with zero attached hydrogens (tertiary/aromatic N) is 2. The molecule has 0 atom stereocenters. The lowest BCUT2D eigenvalue weighted by atomic mass is 10.1. The molecule has 0 saturated carbocycles. The summed E-state index contributed by atoms with van der Waals surface area (Å²) in [4.78, 5) is 12.8. The number of nitro benzene ring substituents is 1. The van der Waals surface area contributed by atoms with E-state index in [1.165, 1.54) is 12.8 Å². The van der Waals surface area contributed by atoms with Crippen LogP contribution in [-0.2, 0) is 0 Å². The van der Waals surface area contributed by atoms with Crippen molar-refractivity contribution in [3.63, 3.8) is 0 Å². The van der Waals surface area contributed by atoms with Crippen LogP contribution in [0.25, 0.3) is 6.08 Å². The first kappa shape index (κ1) is 11.6. The van der Waals surface area contributed by atoms with E-state index < -0.39 is 0 Å². The van der Waals surface area contributed by atoms with Crippen molar-refractivity contribution >= 4 is 11.8 Å². The van der Waals surface area contributed by atoms with E-state index in [0.29, 0.717) is 5.56 Å². The number of likely N-dealkylation sites (tertiary alicyclic amines) is 1. The summed E-state index contributed by atoms with van der Waals surface area (Å²) in [5.41, 5.74) is 1.77. The first-order valence-corrected chi connectivity index (χ1v) is 5.84. The Balaban J connectivity index is 2.22. The Labute approximate surface area is 101 Å². The van der Waals surface area contributed by atoms with E-state index >= 15 is 0 Å². The molecular formula is C13H16N2O2. The van der Waals surface area contributed by atoms with Gasteiger partial charge in [0.05, 0.1) is 10.5 Å². The van der Waals surface area contributed by atoms with E-state index in [4.69, 9.17) is 0 Å². The van der Waals surface area contributed by atoms with Gasteiger partial charge < -0.3 is 4.90 Å². The van der Waals surface area contributed by atoms with E-state index in [1.807, 2.05) is 25.3 Å². The molecule has 0 aromatic heterocycles. The van der Waals surface area contributed by atoms with Crippen LogP contribution < -0.4 is 0 Å². The molecule has 90 valence electrons. The molecule has 0 N–H and O–H groups in total. The molecule has 1 aromatic carbocycles. The summed E-state index contributed by atoms with van der Waals surface area (Å²) in [7, 11) is 0. The highest BCUT2D eigenvalue weighted by Gasteiger charge is 2.12. The third-order valence-electron chi connectivity index (χ3n) is 2.99. The van der Waals surface area contributed by atoms with Gasteiger partial charge in [0, 0.05) is 19.2 Å². The van der Waals surface area contributed by atoms with Crippen molar-refractivity contribution < 1.29 is 4.92 Å². The van der Waals surface area contributed by atoms with Crippen LogP contribution in [0.2, 0.25) is 0 Å². The average Bonchev–Trinajstić information content (AvgIpc) is 2.80. The zero-order valence-corrected chi connectivity index (χ0v) is 9.93. The largest absolute Gasteiger partial charge is 0.377 e. The van der Waals surface area contributed by atoms with Crippen molar-refractivity contribution in [2.24, 2.45) is 0 Å². The molecule has 0 aliphatic carbocycles. The van der Waals surface area contributed by atoms with Crippen LogP contribution in [0.15, 0.2) is 24.4 Å². The van der Waals surface area contributed by atoms with Gasteiger partial charge >= 0.3 is 0 Å². The Hall–Kier alpha value is -1.84. The second kappa shape index (κ2) is 4.99. The number of hydrogen-bond donors (Lipinski definition) is 0. The van der Waals surface area contributed by atoms with Crippen LogP contribution in [0.5, 0.6) is 0 Å². The average molecular weight is 232 g/mol. The summed E-state index contributed by atoms with van der Waals surface area (Å²) in [5, 5.41) is 10.9. The minimum Gasteiger partial charge on any atom is -0.377 e. The summed E-state index contributed by atoms with van der Waals surface area (Å²) in [6.07, 6.45) is 6.22. The van der Waals surface area contributed by atoms with E-state index in [2.05, 4.69) is 4.90 Å². The van der Waals surface area contributed by atoms with Crippen molar-refractivity contribution in [2.75, 3.05) is 13.1 Å². The lowest BCUT2D eigenvalue weighted by Gasteiger charge is -2.10. The van der Waals surface area contributed by atoms with Crippen LogP contribution in [0.3, 0.4) is 0 Å². The minimum atomic E-state index is -0.323. The number of aryl methyl sites for hydroxylation is 1. The maximum atomic E-state index is 10.9. The Morgan fingerprint density at radius 2 is 2.06 bits per heavy atom. The van der Waals surface area contributed by atoms with Gasteiger partial charge in [-0.05, 0) is 43.7 Å². The fourth-order valence-corrected chi connectivity index (χ4v) is 2.03. The highest BCUT2D eigenvalue weighted by Crippen LogP contribution is 2.22. The molecule has 1 saturated heterocycles. The first-order chi connectivity index (χ1) is 8.16. The van der Waals surface area contributed by atoms with Gasteiger partial charge in [0.2, 0.25) is 0 Å². The molecule has 0 bridgehead atoms. The molecule has 1 aliphatic heterocycles. The van der Waals surface area contributed by atoms with Crippen molar-refractivity contribution in [3.05, 3.63) is 45.6 Å². The molecular weight excluding hydrogens is 216 g/mol. The number of hydrogen-bond acceptors (Lipinski definition) is 3. The fraction of sp³-hybridized carbons (Fsp3) is 0.385. The normalized spacial score (nSPS) is 15.7. The topological polar surface area (TPSA) is 46.4 Å². The van der Waals surface area contributed by atoms with Crippen molar-refractivity contribution in [3.8, 4) is 0 Å². The van der Waals surface area contributed by atoms with Gasteiger partial charge in [0.15, 0.2) is 0 Å². The Bertz CT molecular complexity index is 449. The maximum Gasteiger partial charge on any atom is 0.276 e. The zero-order chi connectivity index (χ0) is 12.3. The Kier molecular flexibility index (Phi) is 3.42. The molecule has 1 aromatic rings. The number of nitro groups is 1. The summed E-state index contributed by atoms with van der Waals surface area (Å²) >= 11 is 0. The predicted octanol–water partition coefficient (Wildman–Crippen LogP) is 2.97. The monoisotopic (exact) mass is 232 g/mol. The van der Waals surface area contributed by atoms with E-state index in [-0.39, 0.29) is 10.6 Å². The van der Waals surface area contributed by atoms with E-state index in [0.717, 1.165) is 18.7 Å². The van der Waals surface area contributed by atoms with Crippen LogP contribution in [0.4, 0.5) is 5.69 Å². The first-order valence-electron chi connectivity index (χ1n) is 5.84. The lowest BCUT2D eigenvalue weighted by molar-refractivity contribution is -0.385. The SMILES string of the molecule is Cc1ccc(C=CN2CCCC2)c([N+](=O)[O-])c1. The fourth-order valence-electron chi connectivity index (χ4n) is 2.03. The highest BCUT2D eigenvalue weighted by atomic mass is 16.6. The molecule has 0 amide bonds. The summed E-state index contributed by atoms with van der Waals surface area (Å²) in [6, 6.07) is 5.32. The van der Waals surface area contributed by atoms with Gasteiger partial charge in [-0.15, -0.1) is 0 Å². The maximum absolute atomic E-state index is 10.9. The summed E-state index contributed by atoms with van der Waals surface area (Å²) in [6.45, 7) is 3.97. The van der Waals surface area contributed by atoms with Crippen LogP contribution >= 0.6 is 0 Å². The predicted molar refractivity (Wildman–Crippen MR) is 67.7 cm³/mol. The Morgan fingerprint density at radius 3 is 2.71 bits per heavy atom. The van der Waals surface area contributed by atoms with Crippen LogP contribution in [-0.4, -0.2) is 22.9 Å². The van der Waals surface area contributed by atoms with Gasteiger partial charge in [0.1, 0.15) is 0 Å². The van der Waals surface area contributed by atoms with Crippen molar-refractivity contribution in [1.82, 2.24) is 4.90 Å². The smallest absolute Gasteiger partial charge is 0.276 e. The standard InChI is InChI=1S/C13H16N2O2/c1-11-4-5-12(13(10-11)15(16)17)6-9-14-7-2-3-8-14/h4-6,9-10H,2-3,7-8H2,1H3. The van der Waals surface area contributed by atoms with Gasteiger partial charge in [-0.3, -0.25) is 10.1 Å². The van der Waals surface area contributed by atoms with Crippen molar-refractivity contribution in [1.29, 1.82) is 0 Å². The lowest BCUT2D eigenvalue weighted by Crippen LogP contribution is -2.10. The minimum absolute atomic E-state index is 0.181. The van der Waals surface area contributed by atoms with Crippen LogP contribution in [0, 0.1) is 17.0 Å². The molecule has 4 heteroatoms. The van der Waals surface area contributed by atoms with Gasteiger partial charge in [-0.1, -0.05) is 6.07 Å². The third-order valence-corrected chi connectivity index (χ3v) is 2.99. The number of benzene rings is 1. The number of rotatable bonds is 3. The second-order valence-corrected chi connectivity index (χ2v) is 4.38. The van der Waals surface area contributed by atoms with Gasteiger partial charge in [0.25, 0.3) is 5.69 Å². The zero-order valence-electron chi connectivity index (χ0n) is 9.93. The quantitative estimate of drug-likeness (QED) is 0.594. The molecule has 4 nitrogen and oxygen atoms in total. The van der Waals surface area contributed by atoms with Gasteiger partial charge in [-0.25, -0.2) is 0 Å². The molecule has 17 heavy (non-hydrogen) atoms. The summed E-state index contributed by atoms with van der Waals surface area (Å²) in [5.74, 6) is 0. The molecule has 0 unspecified atom stereocenters. The molecule has 1 fully saturated rings. The molecule has 0 spiro atoms. The van der Waals surface area contributed by atoms with E-state index in [1.54, 1.807) is 12.1 Å². The highest BCUT2D eigenvalue weighted by molar-refractivity contribution is 5.61. The van der Waals surface area contributed by atoms with Crippen LogP contribution in [0.1, 0.15) is 24.0 Å².